The monoisotopic (exact) mass is 249 g/mol. The quantitative estimate of drug-likeness (QED) is 0.756. The zero-order valence-corrected chi connectivity index (χ0v) is 12.2. The number of para-hydroxylation sites is 1. The van der Waals surface area contributed by atoms with E-state index in [9.17, 15) is 0 Å². The van der Waals surface area contributed by atoms with Gasteiger partial charge in [-0.05, 0) is 24.5 Å². The summed E-state index contributed by atoms with van der Waals surface area (Å²) in [4.78, 5) is 0. The lowest BCUT2D eigenvalue weighted by molar-refractivity contribution is 0.393. The lowest BCUT2D eigenvalue weighted by Crippen LogP contribution is -2.36. The molecule has 18 heavy (non-hydrogen) atoms. The summed E-state index contributed by atoms with van der Waals surface area (Å²) in [6.07, 6.45) is 4.80. The van der Waals surface area contributed by atoms with Crippen LogP contribution in [0.2, 0.25) is 0 Å². The summed E-state index contributed by atoms with van der Waals surface area (Å²) >= 11 is 0. The third-order valence-electron chi connectivity index (χ3n) is 3.13. The Kier molecular flexibility index (Phi) is 6.81. The molecular formula is C16H27NO. The molecule has 0 heterocycles. The number of ether oxygens (including phenoxy) is 1. The van der Waals surface area contributed by atoms with Crippen molar-refractivity contribution in [2.45, 2.75) is 58.5 Å². The van der Waals surface area contributed by atoms with Gasteiger partial charge < -0.3 is 10.1 Å². The SMILES string of the molecule is CCCCC(Cc1ccccc1OC)NC(C)C. The first-order valence-electron chi connectivity index (χ1n) is 7.05. The van der Waals surface area contributed by atoms with E-state index in [1.54, 1.807) is 7.11 Å². The van der Waals surface area contributed by atoms with Crippen LogP contribution in [-0.2, 0) is 6.42 Å². The molecule has 1 N–H and O–H groups in total. The normalized spacial score (nSPS) is 12.7. The Bertz CT molecular complexity index is 336. The molecular weight excluding hydrogens is 222 g/mol. The van der Waals surface area contributed by atoms with Gasteiger partial charge in [0.2, 0.25) is 0 Å². The molecule has 1 aromatic carbocycles. The van der Waals surface area contributed by atoms with Crippen molar-refractivity contribution in [3.63, 3.8) is 0 Å². The number of nitrogens with one attached hydrogen (secondary N) is 1. The van der Waals surface area contributed by atoms with Crippen LogP contribution in [0.15, 0.2) is 24.3 Å². The molecule has 0 bridgehead atoms. The minimum atomic E-state index is 0.529. The molecule has 0 spiro atoms. The highest BCUT2D eigenvalue weighted by atomic mass is 16.5. The second-order valence-corrected chi connectivity index (χ2v) is 5.18. The van der Waals surface area contributed by atoms with E-state index in [-0.39, 0.29) is 0 Å². The minimum Gasteiger partial charge on any atom is -0.496 e. The van der Waals surface area contributed by atoms with E-state index in [0.717, 1.165) is 12.2 Å². The predicted octanol–water partition coefficient (Wildman–Crippen LogP) is 3.79. The zero-order valence-electron chi connectivity index (χ0n) is 12.2. The largest absolute Gasteiger partial charge is 0.496 e. The Morgan fingerprint density at radius 1 is 1.22 bits per heavy atom. The van der Waals surface area contributed by atoms with Crippen molar-refractivity contribution < 1.29 is 4.74 Å². The molecule has 0 radical (unpaired) electrons. The van der Waals surface area contributed by atoms with Crippen LogP contribution in [0.25, 0.3) is 0 Å². The summed E-state index contributed by atoms with van der Waals surface area (Å²) in [7, 11) is 1.75. The number of methoxy groups -OCH3 is 1. The number of hydrogen-bond donors (Lipinski definition) is 1. The smallest absolute Gasteiger partial charge is 0.122 e. The maximum atomic E-state index is 5.43. The molecule has 0 aliphatic heterocycles. The van der Waals surface area contributed by atoms with E-state index in [0.29, 0.717) is 12.1 Å². The lowest BCUT2D eigenvalue weighted by atomic mass is 9.99. The number of rotatable bonds is 8. The van der Waals surface area contributed by atoms with Crippen LogP contribution in [0.3, 0.4) is 0 Å². The molecule has 0 aliphatic rings. The van der Waals surface area contributed by atoms with Crippen LogP contribution in [0.5, 0.6) is 5.75 Å². The maximum Gasteiger partial charge on any atom is 0.122 e. The van der Waals surface area contributed by atoms with E-state index in [1.165, 1.54) is 24.8 Å². The molecule has 0 amide bonds. The van der Waals surface area contributed by atoms with Crippen molar-refractivity contribution in [2.75, 3.05) is 7.11 Å². The predicted molar refractivity (Wildman–Crippen MR) is 78.3 cm³/mol. The van der Waals surface area contributed by atoms with E-state index < -0.39 is 0 Å². The van der Waals surface area contributed by atoms with Crippen molar-refractivity contribution in [1.82, 2.24) is 5.32 Å². The van der Waals surface area contributed by atoms with Crippen molar-refractivity contribution in [3.8, 4) is 5.75 Å². The zero-order chi connectivity index (χ0) is 13.4. The molecule has 0 aliphatic carbocycles. The van der Waals surface area contributed by atoms with Gasteiger partial charge in [0.05, 0.1) is 7.11 Å². The maximum absolute atomic E-state index is 5.43. The van der Waals surface area contributed by atoms with Gasteiger partial charge in [-0.2, -0.15) is 0 Å². The molecule has 1 unspecified atom stereocenters. The standard InChI is InChI=1S/C16H27NO/c1-5-6-10-15(17-13(2)3)12-14-9-7-8-11-16(14)18-4/h7-9,11,13,15,17H,5-6,10,12H2,1-4H3. The molecule has 1 aromatic rings. The molecule has 2 nitrogen and oxygen atoms in total. The molecule has 2 heteroatoms. The van der Waals surface area contributed by atoms with Gasteiger partial charge in [0.15, 0.2) is 0 Å². The van der Waals surface area contributed by atoms with Crippen LogP contribution in [0, 0.1) is 0 Å². The van der Waals surface area contributed by atoms with E-state index in [2.05, 4.69) is 38.2 Å². The average Bonchev–Trinajstić information content (AvgIpc) is 2.36. The number of benzene rings is 1. The van der Waals surface area contributed by atoms with E-state index in [1.807, 2.05) is 12.1 Å². The Labute approximate surface area is 112 Å². The summed E-state index contributed by atoms with van der Waals surface area (Å²) < 4.78 is 5.43. The third kappa shape index (κ3) is 5.09. The first-order valence-corrected chi connectivity index (χ1v) is 7.05. The van der Waals surface area contributed by atoms with Crippen LogP contribution < -0.4 is 10.1 Å². The Balaban J connectivity index is 2.68. The second-order valence-electron chi connectivity index (χ2n) is 5.18. The molecule has 1 rings (SSSR count). The van der Waals surface area contributed by atoms with Gasteiger partial charge in [0.25, 0.3) is 0 Å². The van der Waals surface area contributed by atoms with Crippen molar-refractivity contribution in [2.24, 2.45) is 0 Å². The minimum absolute atomic E-state index is 0.529. The molecule has 1 atom stereocenters. The Morgan fingerprint density at radius 3 is 2.56 bits per heavy atom. The fraction of sp³-hybridized carbons (Fsp3) is 0.625. The van der Waals surface area contributed by atoms with Gasteiger partial charge >= 0.3 is 0 Å². The third-order valence-corrected chi connectivity index (χ3v) is 3.13. The molecule has 0 aromatic heterocycles. The van der Waals surface area contributed by atoms with Gasteiger partial charge in [-0.15, -0.1) is 0 Å². The summed E-state index contributed by atoms with van der Waals surface area (Å²) in [5.74, 6) is 1.00. The lowest BCUT2D eigenvalue weighted by Gasteiger charge is -2.22. The van der Waals surface area contributed by atoms with Crippen molar-refractivity contribution >= 4 is 0 Å². The van der Waals surface area contributed by atoms with Crippen LogP contribution in [0.1, 0.15) is 45.6 Å². The van der Waals surface area contributed by atoms with Crippen LogP contribution >= 0.6 is 0 Å². The summed E-state index contributed by atoms with van der Waals surface area (Å²) in [5, 5.41) is 3.66. The first-order chi connectivity index (χ1) is 8.67. The topological polar surface area (TPSA) is 21.3 Å². The highest BCUT2D eigenvalue weighted by Crippen LogP contribution is 2.20. The van der Waals surface area contributed by atoms with Gasteiger partial charge in [0.1, 0.15) is 5.75 Å². The van der Waals surface area contributed by atoms with E-state index >= 15 is 0 Å². The first kappa shape index (κ1) is 15.0. The fourth-order valence-electron chi connectivity index (χ4n) is 2.30. The van der Waals surface area contributed by atoms with E-state index in [4.69, 9.17) is 4.74 Å². The van der Waals surface area contributed by atoms with Crippen molar-refractivity contribution in [1.29, 1.82) is 0 Å². The van der Waals surface area contributed by atoms with Gasteiger partial charge in [0, 0.05) is 12.1 Å². The highest BCUT2D eigenvalue weighted by Gasteiger charge is 2.12. The van der Waals surface area contributed by atoms with Crippen LogP contribution in [0.4, 0.5) is 0 Å². The Hall–Kier alpha value is -1.02. The molecule has 0 saturated heterocycles. The Morgan fingerprint density at radius 2 is 1.94 bits per heavy atom. The molecule has 0 fully saturated rings. The number of unbranched alkanes of at least 4 members (excludes halogenated alkanes) is 1. The summed E-state index contributed by atoms with van der Waals surface area (Å²) in [6, 6.07) is 9.40. The van der Waals surface area contributed by atoms with Crippen molar-refractivity contribution in [3.05, 3.63) is 29.8 Å². The molecule has 102 valence electrons. The van der Waals surface area contributed by atoms with Crippen LogP contribution in [-0.4, -0.2) is 19.2 Å². The summed E-state index contributed by atoms with van der Waals surface area (Å²) in [6.45, 7) is 6.66. The second kappa shape index (κ2) is 8.15. The highest BCUT2D eigenvalue weighted by molar-refractivity contribution is 5.33. The van der Waals surface area contributed by atoms with Gasteiger partial charge in [-0.1, -0.05) is 51.8 Å². The fourth-order valence-corrected chi connectivity index (χ4v) is 2.30. The summed E-state index contributed by atoms with van der Waals surface area (Å²) in [5.41, 5.74) is 1.30. The average molecular weight is 249 g/mol. The van der Waals surface area contributed by atoms with Gasteiger partial charge in [-0.25, -0.2) is 0 Å². The molecule has 0 saturated carbocycles. The van der Waals surface area contributed by atoms with Gasteiger partial charge in [-0.3, -0.25) is 0 Å². The number of hydrogen-bond acceptors (Lipinski definition) is 2.